The quantitative estimate of drug-likeness (QED) is 0.787. The van der Waals surface area contributed by atoms with Gasteiger partial charge in [-0.1, -0.05) is 44.2 Å². The maximum absolute atomic E-state index is 13.5. The first kappa shape index (κ1) is 22.1. The fourth-order valence-electron chi connectivity index (χ4n) is 6.27. The van der Waals surface area contributed by atoms with Crippen LogP contribution in [0, 0.1) is 16.7 Å². The lowest BCUT2D eigenvalue weighted by molar-refractivity contribution is -0.141. The zero-order valence-electron chi connectivity index (χ0n) is 19.4. The Labute approximate surface area is 187 Å². The molecule has 170 valence electrons. The standard InChI is InChI=1S/C25H38N4O2/c1-4-28-15-12-25(22(28)30)19-27(17-20(2)3)18-24(25)10-13-29(14-11-24)23(31)26-16-21-8-6-5-7-9-21/h5-9,20H,4,10-19H2,1-3H3,(H,26,31). The predicted molar refractivity (Wildman–Crippen MR) is 122 cm³/mol. The first-order valence-corrected chi connectivity index (χ1v) is 12.0. The Bertz CT molecular complexity index is 788. The van der Waals surface area contributed by atoms with Crippen molar-refractivity contribution in [2.75, 3.05) is 45.8 Å². The van der Waals surface area contributed by atoms with Crippen molar-refractivity contribution in [2.45, 2.75) is 46.6 Å². The minimum absolute atomic E-state index is 0.000890. The Morgan fingerprint density at radius 3 is 2.39 bits per heavy atom. The molecule has 3 fully saturated rings. The van der Waals surface area contributed by atoms with E-state index in [1.54, 1.807) is 0 Å². The summed E-state index contributed by atoms with van der Waals surface area (Å²) in [4.78, 5) is 32.9. The van der Waals surface area contributed by atoms with E-state index in [0.717, 1.165) is 70.6 Å². The van der Waals surface area contributed by atoms with E-state index in [1.165, 1.54) is 0 Å². The highest BCUT2D eigenvalue weighted by Gasteiger charge is 2.64. The van der Waals surface area contributed by atoms with E-state index >= 15 is 0 Å². The van der Waals surface area contributed by atoms with Gasteiger partial charge in [-0.3, -0.25) is 4.79 Å². The van der Waals surface area contributed by atoms with E-state index in [9.17, 15) is 9.59 Å². The Morgan fingerprint density at radius 1 is 1.06 bits per heavy atom. The molecule has 6 nitrogen and oxygen atoms in total. The molecule has 6 heteroatoms. The van der Waals surface area contributed by atoms with Gasteiger partial charge in [0.1, 0.15) is 0 Å². The van der Waals surface area contributed by atoms with Crippen LogP contribution in [-0.4, -0.2) is 72.5 Å². The fourth-order valence-corrected chi connectivity index (χ4v) is 6.27. The molecule has 3 amide bonds. The van der Waals surface area contributed by atoms with Gasteiger partial charge < -0.3 is 20.0 Å². The largest absolute Gasteiger partial charge is 0.342 e. The molecule has 3 aliphatic heterocycles. The number of urea groups is 1. The lowest BCUT2D eigenvalue weighted by atomic mass is 9.60. The highest BCUT2D eigenvalue weighted by molar-refractivity contribution is 5.87. The van der Waals surface area contributed by atoms with Gasteiger partial charge in [0.05, 0.1) is 5.41 Å². The van der Waals surface area contributed by atoms with Gasteiger partial charge in [-0.25, -0.2) is 4.79 Å². The summed E-state index contributed by atoms with van der Waals surface area (Å²) >= 11 is 0. The molecule has 0 saturated carbocycles. The summed E-state index contributed by atoms with van der Waals surface area (Å²) in [5.74, 6) is 0.957. The smallest absolute Gasteiger partial charge is 0.317 e. The Hall–Kier alpha value is -2.08. The summed E-state index contributed by atoms with van der Waals surface area (Å²) < 4.78 is 0. The van der Waals surface area contributed by atoms with Gasteiger partial charge in [-0.15, -0.1) is 0 Å². The number of hydrogen-bond acceptors (Lipinski definition) is 3. The summed E-state index contributed by atoms with van der Waals surface area (Å²) in [6.45, 7) is 13.2. The molecule has 1 atom stereocenters. The molecule has 0 aliphatic carbocycles. The van der Waals surface area contributed by atoms with Crippen LogP contribution in [0.4, 0.5) is 4.79 Å². The monoisotopic (exact) mass is 426 g/mol. The highest BCUT2D eigenvalue weighted by atomic mass is 16.2. The lowest BCUT2D eigenvalue weighted by Crippen LogP contribution is -2.54. The molecule has 0 aromatic heterocycles. The third-order valence-corrected chi connectivity index (χ3v) is 7.84. The maximum atomic E-state index is 13.5. The van der Waals surface area contributed by atoms with Crippen LogP contribution in [0.5, 0.6) is 0 Å². The number of likely N-dealkylation sites (tertiary alicyclic amines) is 3. The molecule has 3 heterocycles. The van der Waals surface area contributed by atoms with E-state index in [1.807, 2.05) is 35.2 Å². The molecule has 2 spiro atoms. The molecule has 0 radical (unpaired) electrons. The minimum atomic E-state index is -0.259. The van der Waals surface area contributed by atoms with E-state index < -0.39 is 0 Å². The fraction of sp³-hybridized carbons (Fsp3) is 0.680. The second-order valence-corrected chi connectivity index (χ2v) is 10.2. The molecule has 4 rings (SSSR count). The number of amides is 3. The second kappa shape index (κ2) is 8.81. The number of piperidine rings is 1. The third-order valence-electron chi connectivity index (χ3n) is 7.84. The van der Waals surface area contributed by atoms with Crippen molar-refractivity contribution in [1.29, 1.82) is 0 Å². The maximum Gasteiger partial charge on any atom is 0.317 e. The van der Waals surface area contributed by atoms with Gasteiger partial charge in [0, 0.05) is 57.8 Å². The van der Waals surface area contributed by atoms with Crippen LogP contribution in [0.3, 0.4) is 0 Å². The van der Waals surface area contributed by atoms with Crippen LogP contribution in [0.25, 0.3) is 0 Å². The Kier molecular flexibility index (Phi) is 6.29. The minimum Gasteiger partial charge on any atom is -0.342 e. The number of benzene rings is 1. The number of nitrogens with one attached hydrogen (secondary N) is 1. The van der Waals surface area contributed by atoms with Gasteiger partial charge in [0.2, 0.25) is 5.91 Å². The molecule has 3 aliphatic rings. The van der Waals surface area contributed by atoms with Crippen molar-refractivity contribution in [2.24, 2.45) is 16.7 Å². The van der Waals surface area contributed by atoms with Gasteiger partial charge in [0.25, 0.3) is 0 Å². The van der Waals surface area contributed by atoms with Crippen LogP contribution in [0.2, 0.25) is 0 Å². The number of nitrogens with zero attached hydrogens (tertiary/aromatic N) is 3. The zero-order valence-corrected chi connectivity index (χ0v) is 19.4. The van der Waals surface area contributed by atoms with Crippen molar-refractivity contribution in [1.82, 2.24) is 20.0 Å². The summed E-state index contributed by atoms with van der Waals surface area (Å²) in [6, 6.07) is 10.0. The first-order chi connectivity index (χ1) is 14.9. The van der Waals surface area contributed by atoms with Crippen LogP contribution >= 0.6 is 0 Å². The summed E-state index contributed by atoms with van der Waals surface area (Å²) in [6.07, 6.45) is 2.81. The number of rotatable bonds is 5. The molecule has 3 saturated heterocycles. The molecular weight excluding hydrogens is 388 g/mol. The Morgan fingerprint density at radius 2 is 1.77 bits per heavy atom. The average molecular weight is 427 g/mol. The first-order valence-electron chi connectivity index (χ1n) is 12.0. The third kappa shape index (κ3) is 4.07. The van der Waals surface area contributed by atoms with Crippen LogP contribution < -0.4 is 5.32 Å². The highest BCUT2D eigenvalue weighted by Crippen LogP contribution is 2.57. The normalized spacial score (nSPS) is 25.9. The molecule has 1 N–H and O–H groups in total. The average Bonchev–Trinajstić information content (AvgIpc) is 3.24. The van der Waals surface area contributed by atoms with Gasteiger partial charge >= 0.3 is 6.03 Å². The van der Waals surface area contributed by atoms with Crippen molar-refractivity contribution in [3.05, 3.63) is 35.9 Å². The van der Waals surface area contributed by atoms with E-state index in [2.05, 4.69) is 35.9 Å². The SMILES string of the molecule is CCN1CCC2(CN(CC(C)C)CC23CCN(C(=O)NCc2ccccc2)CC3)C1=O. The molecule has 31 heavy (non-hydrogen) atoms. The van der Waals surface area contributed by atoms with Crippen molar-refractivity contribution < 1.29 is 9.59 Å². The van der Waals surface area contributed by atoms with E-state index in [0.29, 0.717) is 18.4 Å². The van der Waals surface area contributed by atoms with Gasteiger partial charge in [-0.2, -0.15) is 0 Å². The van der Waals surface area contributed by atoms with Crippen LogP contribution in [0.1, 0.15) is 45.6 Å². The Balaban J connectivity index is 1.44. The van der Waals surface area contributed by atoms with Gasteiger partial charge in [0.15, 0.2) is 0 Å². The lowest BCUT2D eigenvalue weighted by Gasteiger charge is -2.47. The predicted octanol–water partition coefficient (Wildman–Crippen LogP) is 3.19. The zero-order chi connectivity index (χ0) is 22.1. The van der Waals surface area contributed by atoms with Crippen LogP contribution in [0.15, 0.2) is 30.3 Å². The molecular formula is C25H38N4O2. The second-order valence-electron chi connectivity index (χ2n) is 10.2. The number of carbonyl (C=O) groups is 2. The molecule has 0 bridgehead atoms. The number of hydrogen-bond donors (Lipinski definition) is 1. The topological polar surface area (TPSA) is 55.9 Å². The van der Waals surface area contributed by atoms with Crippen molar-refractivity contribution in [3.8, 4) is 0 Å². The number of carbonyl (C=O) groups excluding carboxylic acids is 2. The van der Waals surface area contributed by atoms with Crippen molar-refractivity contribution >= 4 is 11.9 Å². The molecule has 1 aromatic carbocycles. The molecule has 1 unspecified atom stereocenters. The summed E-state index contributed by atoms with van der Waals surface area (Å²) in [7, 11) is 0. The van der Waals surface area contributed by atoms with E-state index in [-0.39, 0.29) is 16.9 Å². The van der Waals surface area contributed by atoms with E-state index in [4.69, 9.17) is 0 Å². The van der Waals surface area contributed by atoms with Crippen LogP contribution in [-0.2, 0) is 11.3 Å². The van der Waals surface area contributed by atoms with Gasteiger partial charge in [-0.05, 0) is 37.7 Å². The summed E-state index contributed by atoms with van der Waals surface area (Å²) in [5, 5.41) is 3.07. The number of fused-ring (bicyclic) bond motifs is 1. The summed E-state index contributed by atoms with van der Waals surface area (Å²) in [5.41, 5.74) is 0.850. The van der Waals surface area contributed by atoms with Crippen molar-refractivity contribution in [3.63, 3.8) is 0 Å². The molecule has 1 aromatic rings.